The number of thioether (sulfide) groups is 1. The lowest BCUT2D eigenvalue weighted by molar-refractivity contribution is -0.197. The van der Waals surface area contributed by atoms with Gasteiger partial charge in [-0.3, -0.25) is 4.79 Å². The van der Waals surface area contributed by atoms with Gasteiger partial charge in [-0.2, -0.15) is 11.8 Å². The Balaban J connectivity index is 1.51. The van der Waals surface area contributed by atoms with E-state index in [9.17, 15) is 14.7 Å². The van der Waals surface area contributed by atoms with Crippen LogP contribution in [0.25, 0.3) is 0 Å². The topological polar surface area (TPSA) is 106 Å². The van der Waals surface area contributed by atoms with Crippen molar-refractivity contribution in [1.82, 2.24) is 10.6 Å². The number of alkyl carbamates (subject to hydrolysis) is 1. The molecule has 0 radical (unpaired) electrons. The van der Waals surface area contributed by atoms with E-state index < -0.39 is 23.8 Å². The average Bonchev–Trinajstić information content (AvgIpc) is 3.23. The number of ether oxygens (including phenoxy) is 3. The maximum absolute atomic E-state index is 12.3. The molecule has 1 amide bonds. The molecule has 1 spiro atoms. The number of carbonyl (C=O) groups excluding carboxylic acids is 1. The van der Waals surface area contributed by atoms with E-state index in [-0.39, 0.29) is 18.7 Å². The van der Waals surface area contributed by atoms with Crippen molar-refractivity contribution >= 4 is 23.8 Å². The lowest BCUT2D eigenvalue weighted by atomic mass is 9.80. The Hall–Kier alpha value is -1.81. The number of carboxylic acid groups (broad SMARTS) is 1. The fourth-order valence-electron chi connectivity index (χ4n) is 4.13. The zero-order valence-corrected chi connectivity index (χ0v) is 18.7. The van der Waals surface area contributed by atoms with Crippen LogP contribution >= 0.6 is 11.8 Å². The maximum Gasteiger partial charge on any atom is 0.407 e. The first-order chi connectivity index (χ1) is 15.0. The van der Waals surface area contributed by atoms with Crippen LogP contribution in [0.15, 0.2) is 30.3 Å². The Labute approximate surface area is 187 Å². The quantitative estimate of drug-likeness (QED) is 0.498. The SMILES string of the molecule is CSCC[C@H](CN[C@H]1CCC2(C[C@H]1C(=O)O)OCCO2)NC(=O)OCc1ccccc1. The summed E-state index contributed by atoms with van der Waals surface area (Å²) in [6.45, 7) is 1.71. The van der Waals surface area contributed by atoms with E-state index in [4.69, 9.17) is 14.2 Å². The van der Waals surface area contributed by atoms with Gasteiger partial charge in [-0.15, -0.1) is 0 Å². The Bertz CT molecular complexity index is 713. The van der Waals surface area contributed by atoms with Crippen LogP contribution < -0.4 is 10.6 Å². The molecule has 2 fully saturated rings. The van der Waals surface area contributed by atoms with Crippen LogP contribution in [0.4, 0.5) is 4.79 Å². The molecule has 1 aromatic rings. The van der Waals surface area contributed by atoms with Crippen LogP contribution in [0.5, 0.6) is 0 Å². The Morgan fingerprint density at radius 3 is 2.71 bits per heavy atom. The van der Waals surface area contributed by atoms with Gasteiger partial charge in [0.25, 0.3) is 0 Å². The Morgan fingerprint density at radius 2 is 2.03 bits per heavy atom. The minimum absolute atomic E-state index is 0.153. The molecule has 0 aromatic heterocycles. The second-order valence-electron chi connectivity index (χ2n) is 7.99. The van der Waals surface area contributed by atoms with E-state index in [1.54, 1.807) is 11.8 Å². The average molecular weight is 453 g/mol. The molecule has 1 aromatic carbocycles. The number of carbonyl (C=O) groups is 2. The molecule has 3 rings (SSSR count). The van der Waals surface area contributed by atoms with Gasteiger partial charge >= 0.3 is 12.1 Å². The summed E-state index contributed by atoms with van der Waals surface area (Å²) < 4.78 is 16.8. The van der Waals surface area contributed by atoms with Gasteiger partial charge in [-0.25, -0.2) is 4.79 Å². The number of aliphatic carboxylic acids is 1. The van der Waals surface area contributed by atoms with Gasteiger partial charge in [0.05, 0.1) is 19.1 Å². The summed E-state index contributed by atoms with van der Waals surface area (Å²) in [6.07, 6.45) is 3.95. The highest BCUT2D eigenvalue weighted by atomic mass is 32.2. The summed E-state index contributed by atoms with van der Waals surface area (Å²) in [4.78, 5) is 24.2. The molecule has 0 unspecified atom stereocenters. The van der Waals surface area contributed by atoms with Crippen LogP contribution in [0.2, 0.25) is 0 Å². The third kappa shape index (κ3) is 7.10. The van der Waals surface area contributed by atoms with Gasteiger partial charge < -0.3 is 30.0 Å². The Morgan fingerprint density at radius 1 is 1.29 bits per heavy atom. The molecule has 1 aliphatic heterocycles. The summed E-state index contributed by atoms with van der Waals surface area (Å²) in [5.74, 6) is -1.33. The summed E-state index contributed by atoms with van der Waals surface area (Å²) in [5, 5.41) is 16.0. The maximum atomic E-state index is 12.3. The van der Waals surface area contributed by atoms with E-state index in [0.29, 0.717) is 39.0 Å². The van der Waals surface area contributed by atoms with E-state index in [1.165, 1.54) is 0 Å². The summed E-state index contributed by atoms with van der Waals surface area (Å²) in [7, 11) is 0. The first kappa shape index (κ1) is 23.8. The van der Waals surface area contributed by atoms with Crippen molar-refractivity contribution in [2.24, 2.45) is 5.92 Å². The largest absolute Gasteiger partial charge is 0.481 e. The van der Waals surface area contributed by atoms with Gasteiger partial charge in [0, 0.05) is 31.5 Å². The molecule has 2 aliphatic rings. The third-order valence-electron chi connectivity index (χ3n) is 5.82. The highest BCUT2D eigenvalue weighted by Gasteiger charge is 2.47. The highest BCUT2D eigenvalue weighted by Crippen LogP contribution is 2.39. The molecule has 172 valence electrons. The first-order valence-corrected chi connectivity index (χ1v) is 12.1. The number of amides is 1. The van der Waals surface area contributed by atoms with Crippen LogP contribution in [0, 0.1) is 5.92 Å². The molecule has 8 nitrogen and oxygen atoms in total. The minimum Gasteiger partial charge on any atom is -0.481 e. The van der Waals surface area contributed by atoms with E-state index in [1.807, 2.05) is 36.6 Å². The predicted octanol–water partition coefficient (Wildman–Crippen LogP) is 2.62. The van der Waals surface area contributed by atoms with Crippen molar-refractivity contribution in [3.63, 3.8) is 0 Å². The predicted molar refractivity (Wildman–Crippen MR) is 118 cm³/mol. The van der Waals surface area contributed by atoms with Gasteiger partial charge in [0.1, 0.15) is 6.61 Å². The molecule has 3 atom stereocenters. The molecule has 0 bridgehead atoms. The number of carboxylic acids is 1. The minimum atomic E-state index is -0.855. The van der Waals surface area contributed by atoms with Crippen LogP contribution in [0.3, 0.4) is 0 Å². The summed E-state index contributed by atoms with van der Waals surface area (Å²) >= 11 is 1.70. The number of benzene rings is 1. The second-order valence-corrected chi connectivity index (χ2v) is 8.98. The zero-order valence-electron chi connectivity index (χ0n) is 17.9. The normalized spacial score (nSPS) is 23.4. The van der Waals surface area contributed by atoms with Crippen molar-refractivity contribution in [3.05, 3.63) is 35.9 Å². The van der Waals surface area contributed by atoms with Crippen molar-refractivity contribution in [2.75, 3.05) is 31.8 Å². The van der Waals surface area contributed by atoms with Gasteiger partial charge in [0.2, 0.25) is 0 Å². The van der Waals surface area contributed by atoms with Gasteiger partial charge in [-0.05, 0) is 30.4 Å². The number of rotatable bonds is 10. The van der Waals surface area contributed by atoms with Crippen molar-refractivity contribution in [1.29, 1.82) is 0 Å². The second kappa shape index (κ2) is 11.7. The Kier molecular flexibility index (Phi) is 9.01. The zero-order chi connectivity index (χ0) is 22.1. The first-order valence-electron chi connectivity index (χ1n) is 10.7. The third-order valence-corrected chi connectivity index (χ3v) is 6.46. The molecule has 1 saturated heterocycles. The lowest BCUT2D eigenvalue weighted by Crippen LogP contribution is -2.53. The smallest absolute Gasteiger partial charge is 0.407 e. The van der Waals surface area contributed by atoms with Crippen LogP contribution in [-0.4, -0.2) is 66.8 Å². The van der Waals surface area contributed by atoms with Gasteiger partial charge in [-0.1, -0.05) is 30.3 Å². The van der Waals surface area contributed by atoms with E-state index in [0.717, 1.165) is 17.7 Å². The van der Waals surface area contributed by atoms with Crippen molar-refractivity contribution in [2.45, 2.75) is 50.2 Å². The molecular formula is C22H32N2O6S. The monoisotopic (exact) mass is 452 g/mol. The fraction of sp³-hybridized carbons (Fsp3) is 0.636. The number of hydrogen-bond donors (Lipinski definition) is 3. The summed E-state index contributed by atoms with van der Waals surface area (Å²) in [6, 6.07) is 9.16. The molecule has 9 heteroatoms. The number of nitrogens with one attached hydrogen (secondary N) is 2. The summed E-state index contributed by atoms with van der Waals surface area (Å²) in [5.41, 5.74) is 0.924. The molecule has 31 heavy (non-hydrogen) atoms. The van der Waals surface area contributed by atoms with Gasteiger partial charge in [0.15, 0.2) is 5.79 Å². The van der Waals surface area contributed by atoms with E-state index in [2.05, 4.69) is 10.6 Å². The molecular weight excluding hydrogens is 420 g/mol. The van der Waals surface area contributed by atoms with Crippen LogP contribution in [-0.2, 0) is 25.6 Å². The van der Waals surface area contributed by atoms with Crippen molar-refractivity contribution in [3.8, 4) is 0 Å². The van der Waals surface area contributed by atoms with E-state index >= 15 is 0 Å². The van der Waals surface area contributed by atoms with Crippen LogP contribution in [0.1, 0.15) is 31.2 Å². The highest BCUT2D eigenvalue weighted by molar-refractivity contribution is 7.98. The molecule has 1 heterocycles. The molecule has 3 N–H and O–H groups in total. The molecule has 1 aliphatic carbocycles. The lowest BCUT2D eigenvalue weighted by Gasteiger charge is -2.40. The molecule has 1 saturated carbocycles. The fourth-order valence-corrected chi connectivity index (χ4v) is 4.65. The number of hydrogen-bond acceptors (Lipinski definition) is 7. The van der Waals surface area contributed by atoms with Crippen molar-refractivity contribution < 1.29 is 28.9 Å². The standard InChI is InChI=1S/C22H32N2O6S/c1-31-12-8-17(24-21(27)28-15-16-5-3-2-4-6-16)14-23-19-7-9-22(29-10-11-30-22)13-18(19)20(25)26/h2-6,17-19,23H,7-15H2,1H3,(H,24,27)(H,25,26)/t17-,18-,19+/m1/s1.